The van der Waals surface area contributed by atoms with Crippen molar-refractivity contribution in [2.75, 3.05) is 19.8 Å². The van der Waals surface area contributed by atoms with E-state index in [0.29, 0.717) is 6.61 Å². The summed E-state index contributed by atoms with van der Waals surface area (Å²) in [5.74, 6) is 0. The maximum absolute atomic E-state index is 5.90. The van der Waals surface area contributed by atoms with Gasteiger partial charge in [-0.05, 0) is 18.0 Å². The fraction of sp³-hybridized carbons (Fsp3) is 0.467. The summed E-state index contributed by atoms with van der Waals surface area (Å²) >= 11 is 1.87. The second kappa shape index (κ2) is 6.01. The van der Waals surface area contributed by atoms with Gasteiger partial charge in [-0.3, -0.25) is 0 Å². The number of hydrogen-bond donors (Lipinski definition) is 1. The van der Waals surface area contributed by atoms with Crippen molar-refractivity contribution in [1.82, 2.24) is 5.32 Å². The molecule has 19 heavy (non-hydrogen) atoms. The van der Waals surface area contributed by atoms with Gasteiger partial charge in [0.2, 0.25) is 0 Å². The SMILES string of the molecule is CCNCc1sc2ccccc2c1COC1COC1. The van der Waals surface area contributed by atoms with Crippen LogP contribution in [0.1, 0.15) is 17.4 Å². The molecule has 3 rings (SSSR count). The van der Waals surface area contributed by atoms with E-state index in [-0.39, 0.29) is 6.10 Å². The zero-order valence-corrected chi connectivity index (χ0v) is 12.0. The molecule has 1 aromatic heterocycles. The number of ether oxygens (including phenoxy) is 2. The molecule has 102 valence electrons. The summed E-state index contributed by atoms with van der Waals surface area (Å²) in [5.41, 5.74) is 1.34. The molecule has 1 aliphatic heterocycles. The molecule has 0 saturated carbocycles. The van der Waals surface area contributed by atoms with Gasteiger partial charge in [0.05, 0.1) is 19.8 Å². The summed E-state index contributed by atoms with van der Waals surface area (Å²) in [6, 6.07) is 8.57. The standard InChI is InChI=1S/C15H19NO2S/c1-2-16-7-15-13(10-18-11-8-17-9-11)12-5-3-4-6-14(12)19-15/h3-6,11,16H,2,7-10H2,1H3. The molecule has 0 unspecified atom stereocenters. The Kier molecular flexibility index (Phi) is 4.13. The fourth-order valence-electron chi connectivity index (χ4n) is 2.20. The van der Waals surface area contributed by atoms with Crippen LogP contribution in [-0.2, 0) is 22.6 Å². The Morgan fingerprint density at radius 2 is 2.21 bits per heavy atom. The highest BCUT2D eigenvalue weighted by molar-refractivity contribution is 7.19. The molecule has 4 heteroatoms. The van der Waals surface area contributed by atoms with Crippen LogP contribution in [-0.4, -0.2) is 25.9 Å². The van der Waals surface area contributed by atoms with Crippen LogP contribution in [0.3, 0.4) is 0 Å². The van der Waals surface area contributed by atoms with Crippen LogP contribution in [0.4, 0.5) is 0 Å². The summed E-state index contributed by atoms with van der Waals surface area (Å²) in [5, 5.41) is 4.75. The lowest BCUT2D eigenvalue weighted by Gasteiger charge is -2.26. The molecule has 1 saturated heterocycles. The molecule has 1 aromatic carbocycles. The van der Waals surface area contributed by atoms with Crippen molar-refractivity contribution in [1.29, 1.82) is 0 Å². The van der Waals surface area contributed by atoms with E-state index in [4.69, 9.17) is 9.47 Å². The summed E-state index contributed by atoms with van der Waals surface area (Å²) in [6.07, 6.45) is 0.283. The second-order valence-corrected chi connectivity index (χ2v) is 5.89. The lowest BCUT2D eigenvalue weighted by atomic mass is 10.1. The van der Waals surface area contributed by atoms with Gasteiger partial charge in [0.25, 0.3) is 0 Å². The highest BCUT2D eigenvalue weighted by Gasteiger charge is 2.20. The average Bonchev–Trinajstić information content (AvgIpc) is 2.73. The Hall–Kier alpha value is -0.940. The first-order valence-corrected chi connectivity index (χ1v) is 7.59. The molecule has 0 spiro atoms. The summed E-state index contributed by atoms with van der Waals surface area (Å²) in [6.45, 7) is 6.23. The van der Waals surface area contributed by atoms with Gasteiger partial charge in [0.15, 0.2) is 0 Å². The Balaban J connectivity index is 1.83. The Morgan fingerprint density at radius 3 is 2.95 bits per heavy atom. The minimum Gasteiger partial charge on any atom is -0.376 e. The van der Waals surface area contributed by atoms with Crippen LogP contribution >= 0.6 is 11.3 Å². The molecule has 0 atom stereocenters. The number of hydrogen-bond acceptors (Lipinski definition) is 4. The smallest absolute Gasteiger partial charge is 0.105 e. The topological polar surface area (TPSA) is 30.5 Å². The average molecular weight is 277 g/mol. The van der Waals surface area contributed by atoms with E-state index in [0.717, 1.165) is 26.3 Å². The minimum atomic E-state index is 0.283. The van der Waals surface area contributed by atoms with Crippen LogP contribution in [0.2, 0.25) is 0 Å². The van der Waals surface area contributed by atoms with Crippen molar-refractivity contribution >= 4 is 21.4 Å². The summed E-state index contributed by atoms with van der Waals surface area (Å²) in [7, 11) is 0. The highest BCUT2D eigenvalue weighted by Crippen LogP contribution is 2.32. The minimum absolute atomic E-state index is 0.283. The van der Waals surface area contributed by atoms with Crippen molar-refractivity contribution in [2.24, 2.45) is 0 Å². The van der Waals surface area contributed by atoms with E-state index in [1.165, 1.54) is 20.5 Å². The Bertz CT molecular complexity index is 548. The molecule has 1 N–H and O–H groups in total. The molecule has 0 aliphatic carbocycles. The fourth-order valence-corrected chi connectivity index (χ4v) is 3.38. The van der Waals surface area contributed by atoms with Crippen molar-refractivity contribution in [3.05, 3.63) is 34.7 Å². The van der Waals surface area contributed by atoms with Gasteiger partial charge in [-0.15, -0.1) is 11.3 Å². The quantitative estimate of drug-likeness (QED) is 0.880. The molecule has 3 nitrogen and oxygen atoms in total. The predicted octanol–water partition coefficient (Wildman–Crippen LogP) is 2.93. The van der Waals surface area contributed by atoms with Gasteiger partial charge in [0.1, 0.15) is 6.10 Å². The first kappa shape index (κ1) is 13.1. The van der Waals surface area contributed by atoms with E-state index in [9.17, 15) is 0 Å². The van der Waals surface area contributed by atoms with Crippen LogP contribution in [0.25, 0.3) is 10.1 Å². The monoisotopic (exact) mass is 277 g/mol. The molecule has 0 bridgehead atoms. The highest BCUT2D eigenvalue weighted by atomic mass is 32.1. The number of nitrogens with one attached hydrogen (secondary N) is 1. The van der Waals surface area contributed by atoms with E-state index < -0.39 is 0 Å². The van der Waals surface area contributed by atoms with Crippen LogP contribution < -0.4 is 5.32 Å². The van der Waals surface area contributed by atoms with Gasteiger partial charge in [-0.1, -0.05) is 25.1 Å². The van der Waals surface area contributed by atoms with Crippen molar-refractivity contribution < 1.29 is 9.47 Å². The third-order valence-corrected chi connectivity index (χ3v) is 4.60. The van der Waals surface area contributed by atoms with Gasteiger partial charge >= 0.3 is 0 Å². The van der Waals surface area contributed by atoms with E-state index >= 15 is 0 Å². The van der Waals surface area contributed by atoms with E-state index in [1.807, 2.05) is 11.3 Å². The third kappa shape index (κ3) is 2.82. The molecular weight excluding hydrogens is 258 g/mol. The van der Waals surface area contributed by atoms with Crippen molar-refractivity contribution in [3.8, 4) is 0 Å². The molecule has 2 heterocycles. The van der Waals surface area contributed by atoms with Gasteiger partial charge in [0, 0.05) is 21.7 Å². The van der Waals surface area contributed by atoms with Crippen LogP contribution in [0, 0.1) is 0 Å². The normalized spacial score (nSPS) is 15.8. The zero-order chi connectivity index (χ0) is 13.1. The van der Waals surface area contributed by atoms with Crippen LogP contribution in [0.15, 0.2) is 24.3 Å². The molecule has 0 amide bonds. The Morgan fingerprint density at radius 1 is 1.37 bits per heavy atom. The van der Waals surface area contributed by atoms with Crippen molar-refractivity contribution in [3.63, 3.8) is 0 Å². The number of rotatable bonds is 6. The van der Waals surface area contributed by atoms with Gasteiger partial charge < -0.3 is 14.8 Å². The maximum atomic E-state index is 5.90. The number of thiophene rings is 1. The largest absolute Gasteiger partial charge is 0.376 e. The predicted molar refractivity (Wildman–Crippen MR) is 78.6 cm³/mol. The Labute approximate surface area is 117 Å². The summed E-state index contributed by atoms with van der Waals surface area (Å²) in [4.78, 5) is 1.39. The van der Waals surface area contributed by atoms with Crippen LogP contribution in [0.5, 0.6) is 0 Å². The van der Waals surface area contributed by atoms with Crippen molar-refractivity contribution in [2.45, 2.75) is 26.2 Å². The first-order valence-electron chi connectivity index (χ1n) is 6.78. The van der Waals surface area contributed by atoms with Gasteiger partial charge in [-0.2, -0.15) is 0 Å². The summed E-state index contributed by atoms with van der Waals surface area (Å²) < 4.78 is 12.4. The zero-order valence-electron chi connectivity index (χ0n) is 11.1. The second-order valence-electron chi connectivity index (χ2n) is 4.75. The molecule has 2 aromatic rings. The first-order chi connectivity index (χ1) is 9.38. The van der Waals surface area contributed by atoms with E-state index in [1.54, 1.807) is 0 Å². The molecule has 1 aliphatic rings. The molecule has 1 fully saturated rings. The lowest BCUT2D eigenvalue weighted by Crippen LogP contribution is -2.35. The number of fused-ring (bicyclic) bond motifs is 1. The molecule has 0 radical (unpaired) electrons. The lowest BCUT2D eigenvalue weighted by molar-refractivity contribution is -0.135. The number of benzene rings is 1. The molecular formula is C15H19NO2S. The maximum Gasteiger partial charge on any atom is 0.105 e. The van der Waals surface area contributed by atoms with E-state index in [2.05, 4.69) is 36.5 Å². The third-order valence-electron chi connectivity index (χ3n) is 3.39. The van der Waals surface area contributed by atoms with Gasteiger partial charge in [-0.25, -0.2) is 0 Å².